The van der Waals surface area contributed by atoms with Crippen LogP contribution in [0.5, 0.6) is 11.5 Å². The van der Waals surface area contributed by atoms with Gasteiger partial charge in [0.05, 0.1) is 37.9 Å². The molecule has 1 atom stereocenters. The quantitative estimate of drug-likeness (QED) is 0.617. The van der Waals surface area contributed by atoms with Crippen LogP contribution in [0.2, 0.25) is 0 Å². The molecule has 1 aromatic carbocycles. The first kappa shape index (κ1) is 20.0. The fourth-order valence-corrected chi connectivity index (χ4v) is 3.80. The van der Waals surface area contributed by atoms with Crippen LogP contribution in [0.25, 0.3) is 11.3 Å². The minimum absolute atomic E-state index is 0.0849. The van der Waals surface area contributed by atoms with Gasteiger partial charge in [0.15, 0.2) is 0 Å². The maximum absolute atomic E-state index is 12.8. The molecule has 0 radical (unpaired) electrons. The molecule has 158 valence electrons. The van der Waals surface area contributed by atoms with Crippen LogP contribution in [0.1, 0.15) is 22.3 Å². The Morgan fingerprint density at radius 2 is 2.00 bits per heavy atom. The number of aryl methyl sites for hydroxylation is 1. The zero-order valence-electron chi connectivity index (χ0n) is 17.4. The summed E-state index contributed by atoms with van der Waals surface area (Å²) in [5, 5.41) is 14.3. The summed E-state index contributed by atoms with van der Waals surface area (Å²) in [6, 6.07) is 5.98. The van der Waals surface area contributed by atoms with Crippen LogP contribution < -0.4 is 14.8 Å². The van der Waals surface area contributed by atoms with Crippen molar-refractivity contribution in [2.24, 2.45) is 7.05 Å². The van der Waals surface area contributed by atoms with Crippen molar-refractivity contribution in [1.29, 1.82) is 0 Å². The smallest absolute Gasteiger partial charge is 0.255 e. The summed E-state index contributed by atoms with van der Waals surface area (Å²) in [6.45, 7) is 2.46. The maximum atomic E-state index is 12.8. The number of hydrogen-bond acceptors (Lipinski definition) is 6. The molecule has 9 heteroatoms. The Hall–Kier alpha value is -3.33. The van der Waals surface area contributed by atoms with E-state index in [1.165, 1.54) is 0 Å². The third kappa shape index (κ3) is 4.30. The lowest BCUT2D eigenvalue weighted by atomic mass is 10.1. The van der Waals surface area contributed by atoms with Gasteiger partial charge in [-0.15, -0.1) is 0 Å². The molecule has 2 N–H and O–H groups in total. The number of ether oxygens (including phenoxy) is 2. The number of likely N-dealkylation sites (tertiary alicyclic amines) is 1. The average molecular weight is 410 g/mol. The molecule has 3 heterocycles. The van der Waals surface area contributed by atoms with Gasteiger partial charge in [-0.05, 0) is 24.1 Å². The van der Waals surface area contributed by atoms with E-state index in [0.29, 0.717) is 11.3 Å². The SMILES string of the molecule is COc1cc(CN2CCC(NC(=O)c3cn[nH]c3-c3cnn(C)c3)C2)cc(OC)c1. The second kappa shape index (κ2) is 8.58. The zero-order valence-corrected chi connectivity index (χ0v) is 17.4. The van der Waals surface area contributed by atoms with Gasteiger partial charge in [-0.2, -0.15) is 10.2 Å². The lowest BCUT2D eigenvalue weighted by Crippen LogP contribution is -2.37. The van der Waals surface area contributed by atoms with Gasteiger partial charge in [-0.3, -0.25) is 19.5 Å². The summed E-state index contributed by atoms with van der Waals surface area (Å²) < 4.78 is 12.4. The lowest BCUT2D eigenvalue weighted by Gasteiger charge is -2.18. The number of amides is 1. The number of nitrogens with zero attached hydrogens (tertiary/aromatic N) is 4. The standard InChI is InChI=1S/C21H26N6O3/c1-26-12-15(9-23-26)20-19(10-22-25-20)21(28)24-16-4-5-27(13-16)11-14-6-17(29-2)8-18(7-14)30-3/h6-10,12,16H,4-5,11,13H2,1-3H3,(H,22,25)(H,24,28). The zero-order chi connectivity index (χ0) is 21.1. The van der Waals surface area contributed by atoms with E-state index in [1.807, 2.05) is 31.4 Å². The fourth-order valence-electron chi connectivity index (χ4n) is 3.80. The van der Waals surface area contributed by atoms with E-state index in [2.05, 4.69) is 25.5 Å². The van der Waals surface area contributed by atoms with Crippen LogP contribution in [0.4, 0.5) is 0 Å². The number of carbonyl (C=O) groups excluding carboxylic acids is 1. The van der Waals surface area contributed by atoms with Crippen molar-refractivity contribution >= 4 is 5.91 Å². The third-order valence-corrected chi connectivity index (χ3v) is 5.30. The molecule has 9 nitrogen and oxygen atoms in total. The summed E-state index contributed by atoms with van der Waals surface area (Å²) in [4.78, 5) is 15.2. The first-order chi connectivity index (χ1) is 14.6. The fraction of sp³-hybridized carbons (Fsp3) is 0.381. The number of hydrogen-bond donors (Lipinski definition) is 2. The van der Waals surface area contributed by atoms with Gasteiger partial charge in [0.2, 0.25) is 0 Å². The number of rotatable bonds is 7. The monoisotopic (exact) mass is 410 g/mol. The Balaban J connectivity index is 1.38. The predicted molar refractivity (Wildman–Crippen MR) is 111 cm³/mol. The minimum atomic E-state index is -0.127. The number of aromatic amines is 1. The largest absolute Gasteiger partial charge is 0.497 e. The van der Waals surface area contributed by atoms with Crippen LogP contribution in [0.3, 0.4) is 0 Å². The van der Waals surface area contributed by atoms with Crippen LogP contribution >= 0.6 is 0 Å². The second-order valence-corrected chi connectivity index (χ2v) is 7.48. The number of nitrogens with one attached hydrogen (secondary N) is 2. The maximum Gasteiger partial charge on any atom is 0.255 e. The summed E-state index contributed by atoms with van der Waals surface area (Å²) in [5.41, 5.74) is 3.16. The van der Waals surface area contributed by atoms with Crippen molar-refractivity contribution in [2.45, 2.75) is 19.0 Å². The molecule has 0 saturated carbocycles. The normalized spacial score (nSPS) is 16.6. The van der Waals surface area contributed by atoms with Crippen molar-refractivity contribution in [3.05, 3.63) is 47.9 Å². The molecular formula is C21H26N6O3. The number of aromatic nitrogens is 4. The molecule has 1 fully saturated rings. The molecule has 1 aliphatic rings. The molecule has 1 unspecified atom stereocenters. The highest BCUT2D eigenvalue weighted by Gasteiger charge is 2.26. The van der Waals surface area contributed by atoms with Crippen LogP contribution in [0, 0.1) is 0 Å². The minimum Gasteiger partial charge on any atom is -0.497 e. The lowest BCUT2D eigenvalue weighted by molar-refractivity contribution is 0.0938. The van der Waals surface area contributed by atoms with E-state index in [-0.39, 0.29) is 11.9 Å². The van der Waals surface area contributed by atoms with E-state index in [4.69, 9.17) is 9.47 Å². The van der Waals surface area contributed by atoms with Gasteiger partial charge in [-0.25, -0.2) is 0 Å². The number of benzene rings is 1. The van der Waals surface area contributed by atoms with Crippen LogP contribution in [-0.2, 0) is 13.6 Å². The highest BCUT2D eigenvalue weighted by molar-refractivity contribution is 5.99. The molecule has 4 rings (SSSR count). The van der Waals surface area contributed by atoms with E-state index >= 15 is 0 Å². The van der Waals surface area contributed by atoms with Crippen molar-refractivity contribution in [1.82, 2.24) is 30.2 Å². The number of H-pyrrole nitrogens is 1. The molecule has 1 aliphatic heterocycles. The van der Waals surface area contributed by atoms with E-state index < -0.39 is 0 Å². The first-order valence-corrected chi connectivity index (χ1v) is 9.83. The molecule has 2 aromatic heterocycles. The Kier molecular flexibility index (Phi) is 5.71. The van der Waals surface area contributed by atoms with Crippen molar-refractivity contribution < 1.29 is 14.3 Å². The van der Waals surface area contributed by atoms with Crippen LogP contribution in [0.15, 0.2) is 36.8 Å². The molecule has 30 heavy (non-hydrogen) atoms. The highest BCUT2D eigenvalue weighted by Crippen LogP contribution is 2.25. The van der Waals surface area contributed by atoms with Gasteiger partial charge in [0.25, 0.3) is 5.91 Å². The van der Waals surface area contributed by atoms with E-state index in [0.717, 1.165) is 48.7 Å². The van der Waals surface area contributed by atoms with Gasteiger partial charge in [0.1, 0.15) is 11.5 Å². The van der Waals surface area contributed by atoms with Crippen LogP contribution in [-0.4, -0.2) is 64.1 Å². The molecule has 3 aromatic rings. The first-order valence-electron chi connectivity index (χ1n) is 9.83. The van der Waals surface area contributed by atoms with Gasteiger partial charge < -0.3 is 14.8 Å². The third-order valence-electron chi connectivity index (χ3n) is 5.30. The van der Waals surface area contributed by atoms with Crippen molar-refractivity contribution in [3.63, 3.8) is 0 Å². The summed E-state index contributed by atoms with van der Waals surface area (Å²) in [6.07, 6.45) is 6.02. The Morgan fingerprint density at radius 1 is 1.23 bits per heavy atom. The summed E-state index contributed by atoms with van der Waals surface area (Å²) in [7, 11) is 5.13. The van der Waals surface area contributed by atoms with Crippen molar-refractivity contribution in [2.75, 3.05) is 27.3 Å². The van der Waals surface area contributed by atoms with Gasteiger partial charge in [-0.1, -0.05) is 0 Å². The van der Waals surface area contributed by atoms with Crippen molar-refractivity contribution in [3.8, 4) is 22.8 Å². The average Bonchev–Trinajstić information content (AvgIpc) is 3.48. The van der Waals surface area contributed by atoms with E-state index in [1.54, 1.807) is 31.3 Å². The number of methoxy groups -OCH3 is 2. The van der Waals surface area contributed by atoms with Gasteiger partial charge >= 0.3 is 0 Å². The molecule has 0 aliphatic carbocycles. The molecular weight excluding hydrogens is 384 g/mol. The van der Waals surface area contributed by atoms with Gasteiger partial charge in [0, 0.05) is 50.6 Å². The molecule has 0 bridgehead atoms. The molecule has 1 amide bonds. The second-order valence-electron chi connectivity index (χ2n) is 7.48. The highest BCUT2D eigenvalue weighted by atomic mass is 16.5. The molecule has 1 saturated heterocycles. The predicted octanol–water partition coefficient (Wildman–Crippen LogP) is 1.83. The Morgan fingerprint density at radius 3 is 2.67 bits per heavy atom. The summed E-state index contributed by atoms with van der Waals surface area (Å²) >= 11 is 0. The topological polar surface area (TPSA) is 97.3 Å². The Bertz CT molecular complexity index is 1010. The Labute approximate surface area is 175 Å². The number of carbonyl (C=O) groups is 1. The summed E-state index contributed by atoms with van der Waals surface area (Å²) in [5.74, 6) is 1.42. The van der Waals surface area contributed by atoms with E-state index in [9.17, 15) is 4.79 Å². The molecule has 0 spiro atoms.